The van der Waals surface area contributed by atoms with E-state index in [0.29, 0.717) is 11.6 Å². The molecule has 0 aliphatic carbocycles. The zero-order chi connectivity index (χ0) is 10.9. The molecule has 0 spiro atoms. The Morgan fingerprint density at radius 2 is 1.86 bits per heavy atom. The summed E-state index contributed by atoms with van der Waals surface area (Å²) in [4.78, 5) is -0.239. The smallest absolute Gasteiger partial charge is 0.302 e. The molecule has 0 saturated heterocycles. The lowest BCUT2D eigenvalue weighted by Crippen LogP contribution is -2.06. The molecule has 1 rings (SSSR count). The molecular weight excluding hydrogens is 217 g/mol. The maximum Gasteiger partial charge on any atom is 0.416 e. The second-order valence-electron chi connectivity index (χ2n) is 2.78. The molecule has 14 heavy (non-hydrogen) atoms. The highest BCUT2D eigenvalue weighted by molar-refractivity contribution is 7.79. The van der Waals surface area contributed by atoms with Crippen molar-refractivity contribution in [1.82, 2.24) is 0 Å². The molecule has 1 N–H and O–H groups in total. The average molecular weight is 224 g/mol. The van der Waals surface area contributed by atoms with Gasteiger partial charge in [-0.25, -0.2) is 4.21 Å². The summed E-state index contributed by atoms with van der Waals surface area (Å²) in [7, 11) is 0. The Labute approximate surface area is 81.0 Å². The minimum atomic E-state index is -4.49. The van der Waals surface area contributed by atoms with Crippen molar-refractivity contribution in [3.05, 3.63) is 29.3 Å². The van der Waals surface area contributed by atoms with Crippen molar-refractivity contribution < 1.29 is 21.9 Å². The standard InChI is InChI=1S/C8H7F3O2S/c1-5-2-6(8(9,10)11)4-7(3-5)14(12)13/h2-4H,1H3,(H,12,13). The van der Waals surface area contributed by atoms with Crippen molar-refractivity contribution in [2.75, 3.05) is 0 Å². The highest BCUT2D eigenvalue weighted by Gasteiger charge is 2.31. The molecular formula is C8H7F3O2S. The maximum atomic E-state index is 12.2. The first kappa shape index (κ1) is 11.2. The topological polar surface area (TPSA) is 37.3 Å². The molecule has 0 aliphatic rings. The molecule has 0 bridgehead atoms. The largest absolute Gasteiger partial charge is 0.416 e. The number of hydrogen-bond donors (Lipinski definition) is 1. The molecule has 0 saturated carbocycles. The monoisotopic (exact) mass is 224 g/mol. The zero-order valence-corrected chi connectivity index (χ0v) is 7.95. The van der Waals surface area contributed by atoms with Crippen LogP contribution in [0.3, 0.4) is 0 Å². The summed E-state index contributed by atoms with van der Waals surface area (Å²) in [6.07, 6.45) is -4.49. The molecule has 1 aromatic carbocycles. The Hall–Kier alpha value is -0.880. The van der Waals surface area contributed by atoms with Crippen LogP contribution in [0, 0.1) is 6.92 Å². The highest BCUT2D eigenvalue weighted by atomic mass is 32.2. The van der Waals surface area contributed by atoms with E-state index in [1.54, 1.807) is 0 Å². The molecule has 0 aliphatic heterocycles. The fraction of sp³-hybridized carbons (Fsp3) is 0.250. The van der Waals surface area contributed by atoms with Gasteiger partial charge in [0.25, 0.3) is 0 Å². The van der Waals surface area contributed by atoms with Crippen LogP contribution in [0.2, 0.25) is 0 Å². The van der Waals surface area contributed by atoms with E-state index in [1.807, 2.05) is 0 Å². The lowest BCUT2D eigenvalue weighted by molar-refractivity contribution is -0.137. The number of alkyl halides is 3. The fourth-order valence-corrected chi connectivity index (χ4v) is 1.53. The van der Waals surface area contributed by atoms with Crippen molar-refractivity contribution in [1.29, 1.82) is 0 Å². The summed E-state index contributed by atoms with van der Waals surface area (Å²) in [5.74, 6) is 0. The third-order valence-electron chi connectivity index (χ3n) is 1.58. The lowest BCUT2D eigenvalue weighted by Gasteiger charge is -2.08. The van der Waals surface area contributed by atoms with Crippen LogP contribution in [0.1, 0.15) is 11.1 Å². The minimum absolute atomic E-state index is 0.239. The molecule has 1 atom stereocenters. The average Bonchev–Trinajstić information content (AvgIpc) is 2.01. The van der Waals surface area contributed by atoms with E-state index in [-0.39, 0.29) is 4.90 Å². The summed E-state index contributed by atoms with van der Waals surface area (Å²) in [6, 6.07) is 2.84. The van der Waals surface area contributed by atoms with Crippen molar-refractivity contribution in [2.45, 2.75) is 18.0 Å². The van der Waals surface area contributed by atoms with Gasteiger partial charge >= 0.3 is 6.18 Å². The van der Waals surface area contributed by atoms with Crippen LogP contribution in [-0.4, -0.2) is 8.76 Å². The molecule has 0 amide bonds. The molecule has 1 unspecified atom stereocenters. The molecule has 2 nitrogen and oxygen atoms in total. The van der Waals surface area contributed by atoms with Gasteiger partial charge in [0, 0.05) is 0 Å². The second-order valence-corrected chi connectivity index (χ2v) is 3.75. The zero-order valence-electron chi connectivity index (χ0n) is 7.13. The van der Waals surface area contributed by atoms with Crippen LogP contribution in [0.4, 0.5) is 13.2 Å². The van der Waals surface area contributed by atoms with E-state index in [1.165, 1.54) is 13.0 Å². The summed E-state index contributed by atoms with van der Waals surface area (Å²) in [5.41, 5.74) is -0.605. The van der Waals surface area contributed by atoms with E-state index >= 15 is 0 Å². The number of rotatable bonds is 1. The van der Waals surface area contributed by atoms with Gasteiger partial charge in [-0.15, -0.1) is 0 Å². The molecule has 6 heteroatoms. The van der Waals surface area contributed by atoms with Crippen molar-refractivity contribution in [3.8, 4) is 0 Å². The minimum Gasteiger partial charge on any atom is -0.302 e. The quantitative estimate of drug-likeness (QED) is 0.744. The first-order chi connectivity index (χ1) is 6.30. The molecule has 0 aromatic heterocycles. The Balaban J connectivity index is 3.28. The molecule has 0 heterocycles. The Kier molecular flexibility index (Phi) is 2.96. The normalized spacial score (nSPS) is 14.1. The SMILES string of the molecule is Cc1cc(S(=O)O)cc(C(F)(F)F)c1. The Bertz CT molecular complexity index is 373. The van der Waals surface area contributed by atoms with Gasteiger partial charge in [0.1, 0.15) is 0 Å². The van der Waals surface area contributed by atoms with Gasteiger partial charge in [0.2, 0.25) is 0 Å². The van der Waals surface area contributed by atoms with Crippen molar-refractivity contribution >= 4 is 11.1 Å². The van der Waals surface area contributed by atoms with Crippen LogP contribution >= 0.6 is 0 Å². The lowest BCUT2D eigenvalue weighted by atomic mass is 10.1. The van der Waals surface area contributed by atoms with E-state index in [9.17, 15) is 17.4 Å². The maximum absolute atomic E-state index is 12.2. The van der Waals surface area contributed by atoms with E-state index in [4.69, 9.17) is 4.55 Å². The van der Waals surface area contributed by atoms with Gasteiger partial charge in [-0.05, 0) is 30.7 Å². The van der Waals surface area contributed by atoms with Crippen LogP contribution in [0.5, 0.6) is 0 Å². The summed E-state index contributed by atoms with van der Waals surface area (Å²) >= 11 is -2.38. The van der Waals surface area contributed by atoms with Gasteiger partial charge in [0.15, 0.2) is 11.1 Å². The van der Waals surface area contributed by atoms with E-state index in [0.717, 1.165) is 6.07 Å². The van der Waals surface area contributed by atoms with E-state index < -0.39 is 22.8 Å². The second kappa shape index (κ2) is 3.70. The molecule has 1 aromatic rings. The summed E-state index contributed by atoms with van der Waals surface area (Å²) in [6.45, 7) is 1.44. The number of benzene rings is 1. The van der Waals surface area contributed by atoms with Gasteiger partial charge in [-0.1, -0.05) is 0 Å². The van der Waals surface area contributed by atoms with Gasteiger partial charge < -0.3 is 4.55 Å². The van der Waals surface area contributed by atoms with Gasteiger partial charge in [-0.3, -0.25) is 0 Å². The predicted molar refractivity (Wildman–Crippen MR) is 45.2 cm³/mol. The van der Waals surface area contributed by atoms with Crippen LogP contribution in [0.15, 0.2) is 23.1 Å². The first-order valence-electron chi connectivity index (χ1n) is 3.60. The first-order valence-corrected chi connectivity index (χ1v) is 4.71. The fourth-order valence-electron chi connectivity index (χ4n) is 1.01. The third-order valence-corrected chi connectivity index (χ3v) is 2.22. The van der Waals surface area contributed by atoms with Crippen molar-refractivity contribution in [2.24, 2.45) is 0 Å². The number of hydrogen-bond acceptors (Lipinski definition) is 1. The third kappa shape index (κ3) is 2.55. The van der Waals surface area contributed by atoms with Crippen LogP contribution < -0.4 is 0 Å². The molecule has 78 valence electrons. The Morgan fingerprint density at radius 3 is 2.29 bits per heavy atom. The van der Waals surface area contributed by atoms with Crippen molar-refractivity contribution in [3.63, 3.8) is 0 Å². The summed E-state index contributed by atoms with van der Waals surface area (Å²) in [5, 5.41) is 0. The molecule has 0 fully saturated rings. The van der Waals surface area contributed by atoms with Gasteiger partial charge in [0.05, 0.1) is 10.5 Å². The van der Waals surface area contributed by atoms with Crippen LogP contribution in [-0.2, 0) is 17.3 Å². The number of aryl methyl sites for hydroxylation is 1. The van der Waals surface area contributed by atoms with Crippen LogP contribution in [0.25, 0.3) is 0 Å². The number of halogens is 3. The molecule has 0 radical (unpaired) electrons. The summed E-state index contributed by atoms with van der Waals surface area (Å²) < 4.78 is 55.9. The predicted octanol–water partition coefficient (Wildman–Crippen LogP) is 2.59. The highest BCUT2D eigenvalue weighted by Crippen LogP contribution is 2.31. The van der Waals surface area contributed by atoms with Gasteiger partial charge in [-0.2, -0.15) is 13.2 Å². The Morgan fingerprint density at radius 1 is 1.29 bits per heavy atom. The van der Waals surface area contributed by atoms with E-state index in [2.05, 4.69) is 0 Å².